The van der Waals surface area contributed by atoms with Crippen LogP contribution in [0.2, 0.25) is 0 Å². The van der Waals surface area contributed by atoms with Crippen molar-refractivity contribution >= 4 is 17.7 Å². The molecule has 2 aliphatic heterocycles. The van der Waals surface area contributed by atoms with E-state index in [0.29, 0.717) is 22.5 Å². The van der Waals surface area contributed by atoms with Gasteiger partial charge in [-0.15, -0.1) is 12.6 Å². The molecule has 1 aromatic rings. The van der Waals surface area contributed by atoms with E-state index in [9.17, 15) is 10.2 Å². The minimum Gasteiger partial charge on any atom is -0.394 e. The molecule has 3 heterocycles. The van der Waals surface area contributed by atoms with Gasteiger partial charge in [-0.25, -0.2) is 9.98 Å². The van der Waals surface area contributed by atoms with Crippen LogP contribution in [0, 0.1) is 0 Å². The number of ether oxygens (including phenoxy) is 1. The SMILES string of the molecule is CN1CN=c2c(ncn2[C@@H]2O[C@H](CO)[C@@H](O)[C@H]2O)=C1S. The summed E-state index contributed by atoms with van der Waals surface area (Å²) in [5, 5.41) is 30.2. The lowest BCUT2D eigenvalue weighted by Crippen LogP contribution is -2.43. The molecule has 1 aromatic heterocycles. The fourth-order valence-electron chi connectivity index (χ4n) is 2.39. The van der Waals surface area contributed by atoms with E-state index < -0.39 is 24.5 Å². The van der Waals surface area contributed by atoms with Crippen molar-refractivity contribution in [2.45, 2.75) is 24.5 Å². The molecule has 0 spiro atoms. The van der Waals surface area contributed by atoms with Crippen LogP contribution in [-0.4, -0.2) is 68.4 Å². The number of nitrogens with zero attached hydrogens (tertiary/aromatic N) is 4. The van der Waals surface area contributed by atoms with Crippen LogP contribution in [0.3, 0.4) is 0 Å². The maximum absolute atomic E-state index is 10.0. The number of aliphatic hydroxyl groups excluding tert-OH is 3. The topological polar surface area (TPSA) is 103 Å². The second-order valence-electron chi connectivity index (χ2n) is 4.87. The van der Waals surface area contributed by atoms with Crippen LogP contribution < -0.4 is 10.8 Å². The van der Waals surface area contributed by atoms with E-state index >= 15 is 0 Å². The number of aliphatic hydroxyl groups is 3. The highest BCUT2D eigenvalue weighted by Crippen LogP contribution is 2.27. The van der Waals surface area contributed by atoms with E-state index in [-0.39, 0.29) is 6.61 Å². The van der Waals surface area contributed by atoms with Crippen molar-refractivity contribution in [2.75, 3.05) is 20.3 Å². The molecule has 20 heavy (non-hydrogen) atoms. The molecule has 0 aliphatic carbocycles. The lowest BCUT2D eigenvalue weighted by Gasteiger charge is -2.20. The number of rotatable bonds is 2. The first-order chi connectivity index (χ1) is 9.54. The summed E-state index contributed by atoms with van der Waals surface area (Å²) in [6.45, 7) is 0.0573. The van der Waals surface area contributed by atoms with Crippen LogP contribution in [0.15, 0.2) is 11.3 Å². The predicted octanol–water partition coefficient (Wildman–Crippen LogP) is -2.99. The molecule has 3 N–H and O–H groups in total. The molecule has 0 unspecified atom stereocenters. The molecule has 110 valence electrons. The summed E-state index contributed by atoms with van der Waals surface area (Å²) >= 11 is 4.38. The van der Waals surface area contributed by atoms with Gasteiger partial charge in [-0.2, -0.15) is 0 Å². The smallest absolute Gasteiger partial charge is 0.165 e. The van der Waals surface area contributed by atoms with Crippen LogP contribution in [0.25, 0.3) is 5.03 Å². The first-order valence-electron chi connectivity index (χ1n) is 6.18. The van der Waals surface area contributed by atoms with Gasteiger partial charge in [0.15, 0.2) is 11.7 Å². The molecule has 9 heteroatoms. The highest BCUT2D eigenvalue weighted by Gasteiger charge is 2.43. The second kappa shape index (κ2) is 5.01. The lowest BCUT2D eigenvalue weighted by atomic mass is 10.1. The molecule has 3 rings (SSSR count). The molecule has 1 fully saturated rings. The van der Waals surface area contributed by atoms with E-state index in [1.165, 1.54) is 6.33 Å². The van der Waals surface area contributed by atoms with E-state index in [1.807, 2.05) is 11.9 Å². The van der Waals surface area contributed by atoms with Crippen LogP contribution in [0.4, 0.5) is 0 Å². The van der Waals surface area contributed by atoms with Crippen LogP contribution in [-0.2, 0) is 4.74 Å². The summed E-state index contributed by atoms with van der Waals surface area (Å²) in [6, 6.07) is 0. The van der Waals surface area contributed by atoms with Gasteiger partial charge in [0.25, 0.3) is 0 Å². The number of thiol groups is 1. The number of imidazole rings is 1. The third-order valence-electron chi connectivity index (χ3n) is 3.56. The zero-order chi connectivity index (χ0) is 14.4. The van der Waals surface area contributed by atoms with Gasteiger partial charge in [0.1, 0.15) is 30.3 Å². The number of aromatic nitrogens is 2. The molecule has 0 saturated carbocycles. The Kier molecular flexibility index (Phi) is 3.46. The van der Waals surface area contributed by atoms with Gasteiger partial charge >= 0.3 is 0 Å². The van der Waals surface area contributed by atoms with Crippen molar-refractivity contribution in [3.05, 3.63) is 17.2 Å². The number of hydrogen-bond acceptors (Lipinski definition) is 8. The zero-order valence-electron chi connectivity index (χ0n) is 10.8. The van der Waals surface area contributed by atoms with Gasteiger partial charge < -0.3 is 25.0 Å². The molecule has 0 aromatic carbocycles. The molecule has 2 aliphatic rings. The van der Waals surface area contributed by atoms with Gasteiger partial charge in [0.05, 0.1) is 18.0 Å². The van der Waals surface area contributed by atoms with Gasteiger partial charge in [0, 0.05) is 7.05 Å². The van der Waals surface area contributed by atoms with Crippen molar-refractivity contribution in [2.24, 2.45) is 4.99 Å². The monoisotopic (exact) mass is 300 g/mol. The summed E-state index contributed by atoms with van der Waals surface area (Å²) in [5.41, 5.74) is 0.544. The van der Waals surface area contributed by atoms with E-state index in [2.05, 4.69) is 22.6 Å². The molecule has 0 bridgehead atoms. The lowest BCUT2D eigenvalue weighted by molar-refractivity contribution is -0.0546. The number of fused-ring (bicyclic) bond motifs is 1. The molecular weight excluding hydrogens is 284 g/mol. The highest BCUT2D eigenvalue weighted by molar-refractivity contribution is 7.89. The Morgan fingerprint density at radius 2 is 2.20 bits per heavy atom. The van der Waals surface area contributed by atoms with Crippen LogP contribution in [0.5, 0.6) is 0 Å². The van der Waals surface area contributed by atoms with Crippen LogP contribution >= 0.6 is 12.6 Å². The summed E-state index contributed by atoms with van der Waals surface area (Å²) in [7, 11) is 1.85. The largest absolute Gasteiger partial charge is 0.394 e. The van der Waals surface area contributed by atoms with E-state index in [0.717, 1.165) is 0 Å². The predicted molar refractivity (Wildman–Crippen MR) is 71.0 cm³/mol. The Morgan fingerprint density at radius 3 is 2.85 bits per heavy atom. The average molecular weight is 300 g/mol. The summed E-state index contributed by atoms with van der Waals surface area (Å²) in [4.78, 5) is 10.4. The van der Waals surface area contributed by atoms with Gasteiger partial charge in [-0.3, -0.25) is 4.57 Å². The van der Waals surface area contributed by atoms with Crippen molar-refractivity contribution in [3.63, 3.8) is 0 Å². The van der Waals surface area contributed by atoms with E-state index in [1.54, 1.807) is 4.57 Å². The summed E-state index contributed by atoms with van der Waals surface area (Å²) in [6.07, 6.45) is -2.45. The fraction of sp³-hybridized carbons (Fsp3) is 0.636. The first-order valence-corrected chi connectivity index (χ1v) is 6.63. The van der Waals surface area contributed by atoms with Crippen molar-refractivity contribution in [1.29, 1.82) is 0 Å². The standard InChI is InChI=1S/C11H16N4O4S/c1-14-3-13-9-6(11(14)20)12-4-15(9)10-8(18)7(17)5(2-16)19-10/h4-5,7-8,10,16-18,20H,2-3H2,1H3/t5-,7-,8-,10-/m1/s1. The van der Waals surface area contributed by atoms with E-state index in [4.69, 9.17) is 9.84 Å². The third kappa shape index (κ3) is 1.93. The Bertz CT molecular complexity index is 633. The van der Waals surface area contributed by atoms with Crippen LogP contribution in [0.1, 0.15) is 6.23 Å². The normalized spacial score (nSPS) is 33.2. The van der Waals surface area contributed by atoms with Gasteiger partial charge in [-0.1, -0.05) is 0 Å². The first kappa shape index (κ1) is 13.8. The molecule has 0 amide bonds. The molecular formula is C11H16N4O4S. The molecule has 8 nitrogen and oxygen atoms in total. The Hall–Kier alpha value is -1.13. The third-order valence-corrected chi connectivity index (χ3v) is 4.12. The number of hydrogen-bond donors (Lipinski definition) is 4. The molecule has 0 radical (unpaired) electrons. The van der Waals surface area contributed by atoms with Crippen molar-refractivity contribution < 1.29 is 20.1 Å². The fourth-order valence-corrected chi connectivity index (χ4v) is 2.61. The Labute approximate surface area is 120 Å². The zero-order valence-corrected chi connectivity index (χ0v) is 11.7. The molecule has 1 saturated heterocycles. The Balaban J connectivity index is 2.05. The quantitative estimate of drug-likeness (QED) is 0.435. The van der Waals surface area contributed by atoms with Crippen molar-refractivity contribution in [1.82, 2.24) is 14.5 Å². The highest BCUT2D eigenvalue weighted by atomic mass is 32.1. The van der Waals surface area contributed by atoms with Gasteiger partial charge in [-0.05, 0) is 0 Å². The minimum atomic E-state index is -1.15. The average Bonchev–Trinajstić information content (AvgIpc) is 2.98. The Morgan fingerprint density at radius 1 is 1.45 bits per heavy atom. The second-order valence-corrected chi connectivity index (χ2v) is 5.30. The minimum absolute atomic E-state index is 0.366. The summed E-state index contributed by atoms with van der Waals surface area (Å²) in [5.74, 6) is 0. The maximum atomic E-state index is 10.0. The summed E-state index contributed by atoms with van der Waals surface area (Å²) < 4.78 is 7.03. The van der Waals surface area contributed by atoms with Crippen molar-refractivity contribution in [3.8, 4) is 0 Å². The molecule has 4 atom stereocenters. The van der Waals surface area contributed by atoms with Gasteiger partial charge in [0.2, 0.25) is 0 Å². The maximum Gasteiger partial charge on any atom is 0.165 e.